The van der Waals surface area contributed by atoms with E-state index in [1.807, 2.05) is 72.8 Å². The van der Waals surface area contributed by atoms with Crippen LogP contribution >= 0.6 is 11.8 Å². The Hall–Kier alpha value is -3.31. The molecule has 136 valence electrons. The normalized spacial score (nSPS) is 11.3. The van der Waals surface area contributed by atoms with Gasteiger partial charge < -0.3 is 4.98 Å². The van der Waals surface area contributed by atoms with E-state index in [1.54, 1.807) is 16.3 Å². The Balaban J connectivity index is 1.73. The van der Waals surface area contributed by atoms with E-state index in [9.17, 15) is 4.79 Å². The monoisotopic (exact) mass is 383 g/mol. The maximum atomic E-state index is 13.4. The summed E-state index contributed by atoms with van der Waals surface area (Å²) < 4.78 is 1.70. The van der Waals surface area contributed by atoms with Gasteiger partial charge in [-0.1, -0.05) is 78.5 Å². The van der Waals surface area contributed by atoms with Gasteiger partial charge in [0.2, 0.25) is 0 Å². The fourth-order valence-electron chi connectivity index (χ4n) is 3.37. The zero-order valence-electron chi connectivity index (χ0n) is 15.0. The maximum Gasteiger partial charge on any atom is 0.283 e. The van der Waals surface area contributed by atoms with E-state index >= 15 is 0 Å². The highest BCUT2D eigenvalue weighted by atomic mass is 32.2. The van der Waals surface area contributed by atoms with Crippen LogP contribution in [0.25, 0.3) is 27.6 Å². The van der Waals surface area contributed by atoms with Gasteiger partial charge in [0.1, 0.15) is 11.0 Å². The van der Waals surface area contributed by atoms with Crippen molar-refractivity contribution in [3.63, 3.8) is 0 Å². The Kier molecular flexibility index (Phi) is 4.22. The summed E-state index contributed by atoms with van der Waals surface area (Å²) in [4.78, 5) is 21.6. The van der Waals surface area contributed by atoms with Gasteiger partial charge in [0, 0.05) is 16.7 Å². The van der Waals surface area contributed by atoms with Gasteiger partial charge in [-0.05, 0) is 23.8 Å². The molecule has 0 saturated carbocycles. The predicted molar refractivity (Wildman–Crippen MR) is 115 cm³/mol. The number of aromatic nitrogens is 3. The lowest BCUT2D eigenvalue weighted by atomic mass is 10.2. The van der Waals surface area contributed by atoms with E-state index in [0.717, 1.165) is 27.9 Å². The zero-order chi connectivity index (χ0) is 18.9. The molecule has 0 bridgehead atoms. The summed E-state index contributed by atoms with van der Waals surface area (Å²) in [5, 5.41) is 1.66. The third kappa shape index (κ3) is 2.90. The fourth-order valence-corrected chi connectivity index (χ4v) is 4.33. The van der Waals surface area contributed by atoms with E-state index in [-0.39, 0.29) is 5.56 Å². The minimum absolute atomic E-state index is 0.0806. The highest BCUT2D eigenvalue weighted by molar-refractivity contribution is 7.98. The Bertz CT molecular complexity index is 1320. The number of nitrogens with one attached hydrogen (secondary N) is 1. The van der Waals surface area contributed by atoms with Gasteiger partial charge in [0.15, 0.2) is 5.16 Å². The smallest absolute Gasteiger partial charge is 0.283 e. The molecule has 1 N–H and O–H groups in total. The van der Waals surface area contributed by atoms with Crippen LogP contribution in [0.3, 0.4) is 0 Å². The topological polar surface area (TPSA) is 50.7 Å². The summed E-state index contributed by atoms with van der Waals surface area (Å²) >= 11 is 1.57. The standard InChI is InChI=1S/C23H17N3OS/c27-22-21-20(18-13-7-8-14-19(18)24-21)25-23(26(22)17-11-5-2-6-12-17)28-15-16-9-3-1-4-10-16/h1-14,24H,15H2. The molecule has 5 heteroatoms. The van der Waals surface area contributed by atoms with Crippen molar-refractivity contribution in [2.24, 2.45) is 0 Å². The number of para-hydroxylation sites is 2. The second-order valence-electron chi connectivity index (χ2n) is 6.54. The lowest BCUT2D eigenvalue weighted by Gasteiger charge is -2.12. The van der Waals surface area contributed by atoms with Crippen LogP contribution < -0.4 is 5.56 Å². The maximum absolute atomic E-state index is 13.4. The summed E-state index contributed by atoms with van der Waals surface area (Å²) in [6.45, 7) is 0. The largest absolute Gasteiger partial charge is 0.349 e. The van der Waals surface area contributed by atoms with E-state index in [0.29, 0.717) is 10.7 Å². The molecular formula is C23H17N3OS. The molecule has 2 aromatic heterocycles. The second-order valence-corrected chi connectivity index (χ2v) is 7.48. The van der Waals surface area contributed by atoms with Crippen LogP contribution in [0.5, 0.6) is 0 Å². The SMILES string of the molecule is O=c1c2[nH]c3ccccc3c2nc(SCc2ccccc2)n1-c1ccccc1. The number of aromatic amines is 1. The number of nitrogens with zero attached hydrogens (tertiary/aromatic N) is 2. The molecule has 0 aliphatic rings. The molecule has 3 aromatic carbocycles. The first kappa shape index (κ1) is 16.8. The van der Waals surface area contributed by atoms with E-state index < -0.39 is 0 Å². The molecule has 0 atom stereocenters. The first-order chi connectivity index (χ1) is 13.8. The Morgan fingerprint density at radius 1 is 0.857 bits per heavy atom. The average Bonchev–Trinajstić information content (AvgIpc) is 3.13. The molecule has 0 saturated heterocycles. The molecule has 4 nitrogen and oxygen atoms in total. The molecule has 2 heterocycles. The van der Waals surface area contributed by atoms with Gasteiger partial charge in [0.05, 0.1) is 5.69 Å². The van der Waals surface area contributed by atoms with Crippen molar-refractivity contribution in [3.05, 3.63) is 101 Å². The summed E-state index contributed by atoms with van der Waals surface area (Å²) in [6, 6.07) is 27.8. The molecule has 0 radical (unpaired) electrons. The number of rotatable bonds is 4. The number of H-pyrrole nitrogens is 1. The van der Waals surface area contributed by atoms with Crippen molar-refractivity contribution in [3.8, 4) is 5.69 Å². The van der Waals surface area contributed by atoms with Crippen molar-refractivity contribution in [1.29, 1.82) is 0 Å². The van der Waals surface area contributed by atoms with E-state index in [4.69, 9.17) is 4.98 Å². The predicted octanol–water partition coefficient (Wildman–Crippen LogP) is 5.16. The van der Waals surface area contributed by atoms with Crippen LogP contribution in [-0.4, -0.2) is 14.5 Å². The van der Waals surface area contributed by atoms with Crippen molar-refractivity contribution < 1.29 is 0 Å². The molecule has 0 aliphatic heterocycles. The quantitative estimate of drug-likeness (QED) is 0.344. The second kappa shape index (κ2) is 7.02. The highest BCUT2D eigenvalue weighted by Crippen LogP contribution is 2.27. The Morgan fingerprint density at radius 2 is 1.54 bits per heavy atom. The van der Waals surface area contributed by atoms with Gasteiger partial charge in [-0.15, -0.1) is 0 Å². The molecule has 5 aromatic rings. The first-order valence-electron chi connectivity index (χ1n) is 9.07. The van der Waals surface area contributed by atoms with Gasteiger partial charge in [0.25, 0.3) is 5.56 Å². The molecule has 0 aliphatic carbocycles. The molecule has 0 spiro atoms. The first-order valence-corrected chi connectivity index (χ1v) is 10.1. The molecule has 28 heavy (non-hydrogen) atoms. The van der Waals surface area contributed by atoms with E-state index in [2.05, 4.69) is 17.1 Å². The summed E-state index contributed by atoms with van der Waals surface area (Å²) in [5.41, 5.74) is 4.11. The van der Waals surface area contributed by atoms with Crippen molar-refractivity contribution in [1.82, 2.24) is 14.5 Å². The lowest BCUT2D eigenvalue weighted by Crippen LogP contribution is -2.21. The van der Waals surface area contributed by atoms with Crippen LogP contribution in [0, 0.1) is 0 Å². The van der Waals surface area contributed by atoms with Crippen molar-refractivity contribution >= 4 is 33.7 Å². The lowest BCUT2D eigenvalue weighted by molar-refractivity contribution is 0.819. The van der Waals surface area contributed by atoms with Crippen molar-refractivity contribution in [2.75, 3.05) is 0 Å². The fraction of sp³-hybridized carbons (Fsp3) is 0.0435. The van der Waals surface area contributed by atoms with Gasteiger partial charge in [-0.2, -0.15) is 0 Å². The Labute approximate surface area is 165 Å². The minimum atomic E-state index is -0.0806. The molecule has 0 unspecified atom stereocenters. The summed E-state index contributed by atoms with van der Waals surface area (Å²) in [6.07, 6.45) is 0. The zero-order valence-corrected chi connectivity index (χ0v) is 15.8. The number of thioether (sulfide) groups is 1. The highest BCUT2D eigenvalue weighted by Gasteiger charge is 2.17. The third-order valence-electron chi connectivity index (χ3n) is 4.72. The number of benzene rings is 3. The Morgan fingerprint density at radius 3 is 2.32 bits per heavy atom. The molecular weight excluding hydrogens is 366 g/mol. The number of hydrogen-bond acceptors (Lipinski definition) is 3. The molecule has 0 amide bonds. The van der Waals surface area contributed by atoms with Crippen LogP contribution in [0.2, 0.25) is 0 Å². The van der Waals surface area contributed by atoms with Crippen LogP contribution in [-0.2, 0) is 5.75 Å². The van der Waals surface area contributed by atoms with Gasteiger partial charge >= 0.3 is 0 Å². The molecule has 0 fully saturated rings. The summed E-state index contributed by atoms with van der Waals surface area (Å²) in [5.74, 6) is 0.744. The van der Waals surface area contributed by atoms with Crippen LogP contribution in [0.4, 0.5) is 0 Å². The van der Waals surface area contributed by atoms with Crippen LogP contribution in [0.1, 0.15) is 5.56 Å². The van der Waals surface area contributed by atoms with Gasteiger partial charge in [-0.25, -0.2) is 4.98 Å². The number of fused-ring (bicyclic) bond motifs is 3. The summed E-state index contributed by atoms with van der Waals surface area (Å²) in [7, 11) is 0. The third-order valence-corrected chi connectivity index (χ3v) is 5.73. The van der Waals surface area contributed by atoms with Gasteiger partial charge in [-0.3, -0.25) is 9.36 Å². The van der Waals surface area contributed by atoms with Crippen molar-refractivity contribution in [2.45, 2.75) is 10.9 Å². The average molecular weight is 383 g/mol. The number of hydrogen-bond donors (Lipinski definition) is 1. The van der Waals surface area contributed by atoms with Crippen LogP contribution in [0.15, 0.2) is 94.9 Å². The molecule has 5 rings (SSSR count). The minimum Gasteiger partial charge on any atom is -0.349 e. The van der Waals surface area contributed by atoms with E-state index in [1.165, 1.54) is 5.56 Å².